The maximum absolute atomic E-state index is 13.2. The van der Waals surface area contributed by atoms with Gasteiger partial charge < -0.3 is 10.5 Å². The van der Waals surface area contributed by atoms with E-state index < -0.39 is 24.3 Å². The summed E-state index contributed by atoms with van der Waals surface area (Å²) in [5, 5.41) is 0. The minimum atomic E-state index is -4.48. The molecule has 1 rings (SSSR count). The van der Waals surface area contributed by atoms with Crippen LogP contribution in [0.25, 0.3) is 0 Å². The molecule has 0 amide bonds. The van der Waals surface area contributed by atoms with Crippen molar-refractivity contribution in [1.82, 2.24) is 0 Å². The van der Waals surface area contributed by atoms with E-state index in [1.165, 1.54) is 6.07 Å². The smallest absolute Gasteiger partial charge is 0.422 e. The average Bonchev–Trinajstić information content (AvgIpc) is 2.14. The molecule has 0 bridgehead atoms. The van der Waals surface area contributed by atoms with Crippen LogP contribution in [0.4, 0.5) is 17.6 Å². The third-order valence-corrected chi connectivity index (χ3v) is 1.87. The van der Waals surface area contributed by atoms with Crippen molar-refractivity contribution in [2.24, 2.45) is 5.73 Å². The van der Waals surface area contributed by atoms with Crippen molar-refractivity contribution in [2.45, 2.75) is 19.1 Å². The number of ether oxygens (including phenoxy) is 1. The van der Waals surface area contributed by atoms with Crippen molar-refractivity contribution < 1.29 is 22.3 Å². The van der Waals surface area contributed by atoms with Crippen molar-refractivity contribution in [3.63, 3.8) is 0 Å². The topological polar surface area (TPSA) is 35.2 Å². The molecule has 16 heavy (non-hydrogen) atoms. The Morgan fingerprint density at radius 2 is 2.00 bits per heavy atom. The summed E-state index contributed by atoms with van der Waals surface area (Å²) in [6.07, 6.45) is -4.48. The molecule has 2 nitrogen and oxygen atoms in total. The first kappa shape index (κ1) is 12.8. The second-order valence-corrected chi connectivity index (χ2v) is 3.38. The van der Waals surface area contributed by atoms with Gasteiger partial charge in [0.1, 0.15) is 0 Å². The van der Waals surface area contributed by atoms with Gasteiger partial charge in [-0.05, 0) is 24.6 Å². The molecule has 0 saturated carbocycles. The predicted octanol–water partition coefficient (Wildman–Crippen LogP) is 2.79. The normalized spacial score (nSPS) is 13.6. The highest BCUT2D eigenvalue weighted by molar-refractivity contribution is 5.30. The Hall–Kier alpha value is -1.30. The second-order valence-electron chi connectivity index (χ2n) is 3.38. The zero-order chi connectivity index (χ0) is 12.3. The van der Waals surface area contributed by atoms with Crippen molar-refractivity contribution in [3.8, 4) is 5.75 Å². The van der Waals surface area contributed by atoms with E-state index in [4.69, 9.17) is 5.73 Å². The van der Waals surface area contributed by atoms with Crippen molar-refractivity contribution in [1.29, 1.82) is 0 Å². The van der Waals surface area contributed by atoms with Gasteiger partial charge in [0.25, 0.3) is 0 Å². The Balaban J connectivity index is 2.76. The van der Waals surface area contributed by atoms with Crippen LogP contribution in [0.15, 0.2) is 18.2 Å². The number of hydrogen-bond acceptors (Lipinski definition) is 2. The van der Waals surface area contributed by atoms with E-state index in [0.717, 1.165) is 12.1 Å². The lowest BCUT2D eigenvalue weighted by Gasteiger charge is -2.11. The van der Waals surface area contributed by atoms with Gasteiger partial charge in [-0.1, -0.05) is 6.07 Å². The van der Waals surface area contributed by atoms with Crippen LogP contribution in [-0.4, -0.2) is 12.8 Å². The van der Waals surface area contributed by atoms with Crippen LogP contribution in [0.1, 0.15) is 18.5 Å². The largest absolute Gasteiger partial charge is 0.481 e. The highest BCUT2D eigenvalue weighted by atomic mass is 19.4. The number of benzene rings is 1. The van der Waals surface area contributed by atoms with Gasteiger partial charge in [0.05, 0.1) is 0 Å². The first-order valence-electron chi connectivity index (χ1n) is 4.54. The summed E-state index contributed by atoms with van der Waals surface area (Å²) < 4.78 is 53.0. The molecule has 0 aliphatic carbocycles. The molecule has 0 unspecified atom stereocenters. The molecular formula is C10H11F4NO. The third-order valence-electron chi connectivity index (χ3n) is 1.87. The van der Waals surface area contributed by atoms with Crippen LogP contribution < -0.4 is 10.5 Å². The van der Waals surface area contributed by atoms with Gasteiger partial charge in [-0.2, -0.15) is 13.2 Å². The van der Waals surface area contributed by atoms with Crippen LogP contribution in [0, 0.1) is 5.82 Å². The molecule has 0 aliphatic heterocycles. The number of halogens is 4. The van der Waals surface area contributed by atoms with Crippen LogP contribution in [0.3, 0.4) is 0 Å². The molecule has 2 N–H and O–H groups in total. The molecule has 0 aromatic heterocycles. The van der Waals surface area contributed by atoms with E-state index in [1.54, 1.807) is 6.92 Å². The fourth-order valence-electron chi connectivity index (χ4n) is 1.08. The predicted molar refractivity (Wildman–Crippen MR) is 50.6 cm³/mol. The highest BCUT2D eigenvalue weighted by Gasteiger charge is 2.28. The molecule has 1 aromatic rings. The van der Waals surface area contributed by atoms with Crippen LogP contribution >= 0.6 is 0 Å². The first-order chi connectivity index (χ1) is 7.29. The molecule has 1 atom stereocenters. The quantitative estimate of drug-likeness (QED) is 0.820. The van der Waals surface area contributed by atoms with E-state index in [-0.39, 0.29) is 6.04 Å². The Morgan fingerprint density at radius 1 is 1.38 bits per heavy atom. The van der Waals surface area contributed by atoms with Gasteiger partial charge in [0.15, 0.2) is 18.2 Å². The lowest BCUT2D eigenvalue weighted by Crippen LogP contribution is -2.19. The zero-order valence-electron chi connectivity index (χ0n) is 8.51. The van der Waals surface area contributed by atoms with Gasteiger partial charge in [-0.15, -0.1) is 0 Å². The van der Waals surface area contributed by atoms with Crippen molar-refractivity contribution in [3.05, 3.63) is 29.6 Å². The van der Waals surface area contributed by atoms with Crippen molar-refractivity contribution >= 4 is 0 Å². The summed E-state index contributed by atoms with van der Waals surface area (Å²) in [4.78, 5) is 0. The molecule has 90 valence electrons. The van der Waals surface area contributed by atoms with E-state index in [9.17, 15) is 17.6 Å². The van der Waals surface area contributed by atoms with Crippen LogP contribution in [0.5, 0.6) is 5.75 Å². The van der Waals surface area contributed by atoms with Gasteiger partial charge >= 0.3 is 6.18 Å². The van der Waals surface area contributed by atoms with Crippen LogP contribution in [0.2, 0.25) is 0 Å². The van der Waals surface area contributed by atoms with E-state index >= 15 is 0 Å². The Kier molecular flexibility index (Phi) is 3.74. The standard InChI is InChI=1S/C10H11F4NO/c1-6(15)7-2-3-9(8(11)4-7)16-5-10(12,13)14/h2-4,6H,5,15H2,1H3/t6-/m1/s1. The molecule has 0 saturated heterocycles. The van der Waals surface area contributed by atoms with E-state index in [1.807, 2.05) is 0 Å². The number of rotatable bonds is 3. The summed E-state index contributed by atoms with van der Waals surface area (Å²) in [7, 11) is 0. The second kappa shape index (κ2) is 4.69. The van der Waals surface area contributed by atoms with Crippen LogP contribution in [-0.2, 0) is 0 Å². The molecule has 0 fully saturated rings. The number of hydrogen-bond donors (Lipinski definition) is 1. The zero-order valence-corrected chi connectivity index (χ0v) is 8.51. The van der Waals surface area contributed by atoms with Crippen molar-refractivity contribution in [2.75, 3.05) is 6.61 Å². The summed E-state index contributed by atoms with van der Waals surface area (Å²) in [6, 6.07) is 3.25. The molecule has 6 heteroatoms. The fraction of sp³-hybridized carbons (Fsp3) is 0.400. The maximum atomic E-state index is 13.2. The molecule has 0 heterocycles. The number of nitrogens with two attached hydrogens (primary N) is 1. The summed E-state index contributed by atoms with van der Waals surface area (Å²) in [5.41, 5.74) is 5.99. The number of alkyl halides is 3. The monoisotopic (exact) mass is 237 g/mol. The lowest BCUT2D eigenvalue weighted by atomic mass is 10.1. The lowest BCUT2D eigenvalue weighted by molar-refractivity contribution is -0.153. The highest BCUT2D eigenvalue weighted by Crippen LogP contribution is 2.23. The summed E-state index contributed by atoms with van der Waals surface area (Å²) in [5.74, 6) is -1.28. The Bertz CT molecular complexity index is 362. The minimum Gasteiger partial charge on any atom is -0.481 e. The molecule has 0 aliphatic rings. The van der Waals surface area contributed by atoms with Gasteiger partial charge in [0.2, 0.25) is 0 Å². The average molecular weight is 237 g/mol. The molecular weight excluding hydrogens is 226 g/mol. The minimum absolute atomic E-state index is 0.383. The summed E-state index contributed by atoms with van der Waals surface area (Å²) in [6.45, 7) is 0.131. The van der Waals surface area contributed by atoms with Gasteiger partial charge in [-0.25, -0.2) is 4.39 Å². The van der Waals surface area contributed by atoms with Gasteiger partial charge in [-0.3, -0.25) is 0 Å². The van der Waals surface area contributed by atoms with Gasteiger partial charge in [0, 0.05) is 6.04 Å². The third kappa shape index (κ3) is 3.69. The SMILES string of the molecule is C[C@@H](N)c1ccc(OCC(F)(F)F)c(F)c1. The Labute approximate surface area is 90.0 Å². The molecule has 0 spiro atoms. The molecule has 1 aromatic carbocycles. The van der Waals surface area contributed by atoms with E-state index in [0.29, 0.717) is 5.56 Å². The maximum Gasteiger partial charge on any atom is 0.422 e. The van der Waals surface area contributed by atoms with E-state index in [2.05, 4.69) is 4.74 Å². The first-order valence-corrected chi connectivity index (χ1v) is 4.54. The Morgan fingerprint density at radius 3 is 2.44 bits per heavy atom. The fourth-order valence-corrected chi connectivity index (χ4v) is 1.08. The summed E-state index contributed by atoms with van der Waals surface area (Å²) >= 11 is 0. The molecule has 0 radical (unpaired) electrons.